The van der Waals surface area contributed by atoms with Crippen LogP contribution in [-0.4, -0.2) is 50.7 Å². The van der Waals surface area contributed by atoms with Crippen LogP contribution in [-0.2, 0) is 20.4 Å². The third kappa shape index (κ3) is 6.24. The predicted octanol–water partition coefficient (Wildman–Crippen LogP) is 1.96. The highest BCUT2D eigenvalue weighted by molar-refractivity contribution is 9.10. The van der Waals surface area contributed by atoms with Gasteiger partial charge in [0.15, 0.2) is 9.84 Å². The maximum atomic E-state index is 12.1. The Bertz CT molecular complexity index is 659. The van der Waals surface area contributed by atoms with Gasteiger partial charge < -0.3 is 5.32 Å². The predicted molar refractivity (Wildman–Crippen MR) is 94.9 cm³/mol. The van der Waals surface area contributed by atoms with Gasteiger partial charge in [-0.05, 0) is 44.5 Å². The first-order valence-corrected chi connectivity index (χ1v) is 10.3. The summed E-state index contributed by atoms with van der Waals surface area (Å²) < 4.78 is 25.1. The average molecular weight is 403 g/mol. The van der Waals surface area contributed by atoms with E-state index in [1.165, 1.54) is 12.8 Å². The number of halogens is 1. The highest BCUT2D eigenvalue weighted by atomic mass is 79.9. The molecule has 0 aromatic heterocycles. The number of sulfone groups is 1. The summed E-state index contributed by atoms with van der Waals surface area (Å²) in [5.74, 6) is -1.03. The molecule has 1 saturated carbocycles. The minimum atomic E-state index is -3.47. The topological polar surface area (TPSA) is 66.5 Å². The van der Waals surface area contributed by atoms with E-state index in [4.69, 9.17) is 0 Å². The third-order valence-electron chi connectivity index (χ3n) is 4.04. The normalized spacial score (nSPS) is 16.3. The Morgan fingerprint density at radius 1 is 1.43 bits per heavy atom. The Kier molecular flexibility index (Phi) is 6.22. The van der Waals surface area contributed by atoms with Gasteiger partial charge in [-0.25, -0.2) is 8.42 Å². The molecule has 1 aromatic rings. The van der Waals surface area contributed by atoms with Crippen molar-refractivity contribution in [2.45, 2.75) is 37.6 Å². The molecular formula is C16H23BrN2O3S. The molecule has 1 aromatic carbocycles. The van der Waals surface area contributed by atoms with Gasteiger partial charge in [-0.3, -0.25) is 9.69 Å². The molecule has 5 nitrogen and oxygen atoms in total. The van der Waals surface area contributed by atoms with E-state index < -0.39 is 21.5 Å². The summed E-state index contributed by atoms with van der Waals surface area (Å²) in [5.41, 5.74) is 0.675. The molecule has 1 aliphatic carbocycles. The molecule has 1 amide bonds. The number of carbonyl (C=O) groups is 1. The number of hydrogen-bond donors (Lipinski definition) is 1. The molecule has 0 aliphatic heterocycles. The lowest BCUT2D eigenvalue weighted by molar-refractivity contribution is -0.118. The van der Waals surface area contributed by atoms with E-state index in [0.717, 1.165) is 4.47 Å². The van der Waals surface area contributed by atoms with E-state index in [2.05, 4.69) is 26.1 Å². The number of likely N-dealkylation sites (N-methyl/N-ethyl adjacent to an activating group) is 1. The van der Waals surface area contributed by atoms with Gasteiger partial charge >= 0.3 is 0 Å². The van der Waals surface area contributed by atoms with Crippen molar-refractivity contribution in [1.29, 1.82) is 0 Å². The lowest BCUT2D eigenvalue weighted by Gasteiger charge is -2.24. The molecule has 128 valence electrons. The molecule has 0 radical (unpaired) electrons. The van der Waals surface area contributed by atoms with Crippen LogP contribution in [0.15, 0.2) is 28.7 Å². The summed E-state index contributed by atoms with van der Waals surface area (Å²) in [4.78, 5) is 14.1. The van der Waals surface area contributed by atoms with Crippen molar-refractivity contribution in [3.8, 4) is 0 Å². The van der Waals surface area contributed by atoms with E-state index in [1.807, 2.05) is 20.0 Å². The zero-order valence-electron chi connectivity index (χ0n) is 13.5. The molecule has 1 fully saturated rings. The summed E-state index contributed by atoms with van der Waals surface area (Å²) in [5, 5.41) is 2.73. The smallest absolute Gasteiger partial charge is 0.235 e. The number of hydrogen-bond acceptors (Lipinski definition) is 4. The monoisotopic (exact) mass is 402 g/mol. The van der Waals surface area contributed by atoms with Gasteiger partial charge in [-0.2, -0.15) is 0 Å². The van der Waals surface area contributed by atoms with Crippen molar-refractivity contribution < 1.29 is 13.2 Å². The Balaban J connectivity index is 1.81. The van der Waals surface area contributed by atoms with Crippen molar-refractivity contribution in [3.05, 3.63) is 34.3 Å². The SMILES string of the molecule is CC(CNC(=O)CS(=O)(=O)Cc1cccc(Br)c1)N(C)C1CC1. The lowest BCUT2D eigenvalue weighted by Crippen LogP contribution is -2.42. The van der Waals surface area contributed by atoms with E-state index in [-0.39, 0.29) is 11.8 Å². The van der Waals surface area contributed by atoms with Gasteiger partial charge in [0.2, 0.25) is 5.91 Å². The molecule has 1 unspecified atom stereocenters. The standard InChI is InChI=1S/C16H23BrN2O3S/c1-12(19(2)15-6-7-15)9-18-16(20)11-23(21,22)10-13-4-3-5-14(17)8-13/h3-5,8,12,15H,6-7,9-11H2,1-2H3,(H,18,20). The third-order valence-corrected chi connectivity index (χ3v) is 6.01. The second kappa shape index (κ2) is 7.77. The zero-order chi connectivity index (χ0) is 17.0. The number of carbonyl (C=O) groups excluding carboxylic acids is 1. The van der Waals surface area contributed by atoms with Crippen LogP contribution in [0.5, 0.6) is 0 Å². The molecule has 0 heterocycles. The first kappa shape index (κ1) is 18.4. The van der Waals surface area contributed by atoms with Gasteiger partial charge in [0.05, 0.1) is 5.75 Å². The van der Waals surface area contributed by atoms with Gasteiger partial charge in [0.25, 0.3) is 0 Å². The second-order valence-electron chi connectivity index (χ2n) is 6.21. The van der Waals surface area contributed by atoms with Crippen LogP contribution in [0.25, 0.3) is 0 Å². The summed E-state index contributed by atoms with van der Waals surface area (Å²) in [7, 11) is -1.43. The Morgan fingerprint density at radius 2 is 2.13 bits per heavy atom. The fourth-order valence-electron chi connectivity index (χ4n) is 2.43. The molecular weight excluding hydrogens is 380 g/mol. The lowest BCUT2D eigenvalue weighted by atomic mass is 10.2. The van der Waals surface area contributed by atoms with Crippen molar-refractivity contribution in [2.75, 3.05) is 19.3 Å². The van der Waals surface area contributed by atoms with Crippen molar-refractivity contribution in [1.82, 2.24) is 10.2 Å². The van der Waals surface area contributed by atoms with Crippen LogP contribution in [0, 0.1) is 0 Å². The van der Waals surface area contributed by atoms with E-state index in [1.54, 1.807) is 18.2 Å². The quantitative estimate of drug-likeness (QED) is 0.721. The number of amides is 1. The first-order chi connectivity index (χ1) is 10.8. The van der Waals surface area contributed by atoms with Crippen LogP contribution in [0.3, 0.4) is 0 Å². The Morgan fingerprint density at radius 3 is 2.74 bits per heavy atom. The largest absolute Gasteiger partial charge is 0.354 e. The molecule has 1 aliphatic rings. The highest BCUT2D eigenvalue weighted by Crippen LogP contribution is 2.26. The van der Waals surface area contributed by atoms with E-state index in [0.29, 0.717) is 18.2 Å². The van der Waals surface area contributed by atoms with Gasteiger partial charge in [0.1, 0.15) is 5.75 Å². The zero-order valence-corrected chi connectivity index (χ0v) is 15.9. The van der Waals surface area contributed by atoms with Gasteiger partial charge in [-0.1, -0.05) is 28.1 Å². The molecule has 1 N–H and O–H groups in total. The Hall–Kier alpha value is -0.920. The fraction of sp³-hybridized carbons (Fsp3) is 0.562. The summed E-state index contributed by atoms with van der Waals surface area (Å²) in [6.45, 7) is 2.51. The number of benzene rings is 1. The summed E-state index contributed by atoms with van der Waals surface area (Å²) in [6, 6.07) is 7.93. The number of rotatable bonds is 8. The first-order valence-electron chi connectivity index (χ1n) is 7.70. The van der Waals surface area contributed by atoms with Crippen molar-refractivity contribution in [2.24, 2.45) is 0 Å². The average Bonchev–Trinajstić information content (AvgIpc) is 3.27. The Labute approximate surface area is 146 Å². The maximum absolute atomic E-state index is 12.1. The molecule has 7 heteroatoms. The molecule has 1 atom stereocenters. The molecule has 0 bridgehead atoms. The second-order valence-corrected chi connectivity index (χ2v) is 9.19. The molecule has 23 heavy (non-hydrogen) atoms. The van der Waals surface area contributed by atoms with E-state index >= 15 is 0 Å². The van der Waals surface area contributed by atoms with Gasteiger partial charge in [0, 0.05) is 23.1 Å². The molecule has 0 spiro atoms. The van der Waals surface area contributed by atoms with Crippen LogP contribution in [0.2, 0.25) is 0 Å². The number of nitrogens with one attached hydrogen (secondary N) is 1. The van der Waals surface area contributed by atoms with Gasteiger partial charge in [-0.15, -0.1) is 0 Å². The minimum Gasteiger partial charge on any atom is -0.354 e. The van der Waals surface area contributed by atoms with Crippen LogP contribution in [0.4, 0.5) is 0 Å². The molecule has 2 rings (SSSR count). The number of nitrogens with zero attached hydrogens (tertiary/aromatic N) is 1. The minimum absolute atomic E-state index is 0.128. The van der Waals surface area contributed by atoms with Crippen LogP contribution in [0.1, 0.15) is 25.3 Å². The summed E-state index contributed by atoms with van der Waals surface area (Å²) >= 11 is 3.31. The van der Waals surface area contributed by atoms with E-state index in [9.17, 15) is 13.2 Å². The fourth-order valence-corrected chi connectivity index (χ4v) is 4.17. The summed E-state index contributed by atoms with van der Waals surface area (Å²) in [6.07, 6.45) is 2.41. The van der Waals surface area contributed by atoms with Crippen molar-refractivity contribution >= 4 is 31.7 Å². The van der Waals surface area contributed by atoms with Crippen LogP contribution < -0.4 is 5.32 Å². The highest BCUT2D eigenvalue weighted by Gasteiger charge is 2.29. The van der Waals surface area contributed by atoms with Crippen molar-refractivity contribution in [3.63, 3.8) is 0 Å². The maximum Gasteiger partial charge on any atom is 0.235 e. The molecule has 0 saturated heterocycles. The van der Waals surface area contributed by atoms with Crippen LogP contribution >= 0.6 is 15.9 Å².